The molecule has 3 nitrogen and oxygen atoms in total. The Kier molecular flexibility index (Phi) is 7.47. The molecule has 0 heterocycles. The Hall–Kier alpha value is -2.81. The second-order valence-corrected chi connectivity index (χ2v) is 8.98. The van der Waals surface area contributed by atoms with E-state index in [4.69, 9.17) is 9.47 Å². The summed E-state index contributed by atoms with van der Waals surface area (Å²) in [5.41, 5.74) is 8.64. The van der Waals surface area contributed by atoms with E-state index in [1.54, 1.807) is 5.56 Å². The quantitative estimate of drug-likeness (QED) is 0.231. The van der Waals surface area contributed by atoms with E-state index in [0.29, 0.717) is 13.2 Å². The highest BCUT2D eigenvalue weighted by Crippen LogP contribution is 2.45. The number of ether oxygens (including phenoxy) is 2. The van der Waals surface area contributed by atoms with Crippen LogP contribution in [0.3, 0.4) is 0 Å². The number of esters is 1. The molecule has 0 saturated heterocycles. The first-order valence-electron chi connectivity index (χ1n) is 12.0. The van der Waals surface area contributed by atoms with Crippen LogP contribution in [0.4, 0.5) is 0 Å². The maximum absolute atomic E-state index is 11.0. The Bertz CT molecular complexity index is 997. The van der Waals surface area contributed by atoms with Crippen LogP contribution in [0.1, 0.15) is 78.7 Å². The molecule has 0 bridgehead atoms. The van der Waals surface area contributed by atoms with Crippen LogP contribution in [0.2, 0.25) is 0 Å². The zero-order valence-electron chi connectivity index (χ0n) is 19.2. The van der Waals surface area contributed by atoms with Gasteiger partial charge in [-0.1, -0.05) is 36.9 Å². The Morgan fingerprint density at radius 1 is 1.09 bits per heavy atom. The van der Waals surface area contributed by atoms with Crippen LogP contribution in [0, 0.1) is 6.92 Å². The molecule has 32 heavy (non-hydrogen) atoms. The summed E-state index contributed by atoms with van der Waals surface area (Å²) in [6.07, 6.45) is 12.5. The highest BCUT2D eigenvalue weighted by atomic mass is 16.5. The largest absolute Gasteiger partial charge is 0.494 e. The maximum Gasteiger partial charge on any atom is 0.330 e. The fourth-order valence-electron chi connectivity index (χ4n) is 4.62. The summed E-state index contributed by atoms with van der Waals surface area (Å²) < 4.78 is 11.1. The Balaban J connectivity index is 1.40. The van der Waals surface area contributed by atoms with E-state index >= 15 is 0 Å². The Labute approximate surface area is 192 Å². The summed E-state index contributed by atoms with van der Waals surface area (Å²) in [4.78, 5) is 11.0. The first-order valence-corrected chi connectivity index (χ1v) is 12.0. The number of aryl methyl sites for hydroxylation is 2. The van der Waals surface area contributed by atoms with Gasteiger partial charge in [0.2, 0.25) is 0 Å². The third kappa shape index (κ3) is 5.70. The topological polar surface area (TPSA) is 35.5 Å². The SMILES string of the molecule is C=CC(=O)OCCCCCOc1ccc2c(c1)C=C(c1c(C)cccc1C1CC1)CCC2. The van der Waals surface area contributed by atoms with E-state index in [-0.39, 0.29) is 5.97 Å². The van der Waals surface area contributed by atoms with E-state index in [1.165, 1.54) is 53.2 Å². The molecule has 4 rings (SSSR count). The normalized spacial score (nSPS) is 15.3. The molecular weight excluding hydrogens is 396 g/mol. The Morgan fingerprint density at radius 3 is 2.75 bits per heavy atom. The van der Waals surface area contributed by atoms with E-state index in [2.05, 4.69) is 56.0 Å². The van der Waals surface area contributed by atoms with Crippen LogP contribution in [0.5, 0.6) is 5.75 Å². The summed E-state index contributed by atoms with van der Waals surface area (Å²) in [5, 5.41) is 0. The van der Waals surface area contributed by atoms with Crippen LogP contribution >= 0.6 is 0 Å². The standard InChI is InChI=1S/C29H34O3/c1-3-28(30)32-18-6-4-5-17-31-26-16-15-22-10-8-11-24(19-25(22)20-26)29-21(2)9-7-12-27(29)23-13-14-23/h3,7,9,12,15-16,19-20,23H,1,4-6,8,10-11,13-14,17-18H2,2H3. The van der Waals surface area contributed by atoms with Gasteiger partial charge in [-0.25, -0.2) is 4.79 Å². The van der Waals surface area contributed by atoms with Crippen molar-refractivity contribution in [2.75, 3.05) is 13.2 Å². The van der Waals surface area contributed by atoms with Gasteiger partial charge >= 0.3 is 5.97 Å². The van der Waals surface area contributed by atoms with Crippen molar-refractivity contribution in [1.82, 2.24) is 0 Å². The van der Waals surface area contributed by atoms with Gasteiger partial charge in [0.25, 0.3) is 0 Å². The molecule has 0 atom stereocenters. The smallest absolute Gasteiger partial charge is 0.330 e. The van der Waals surface area contributed by atoms with Gasteiger partial charge in [0.15, 0.2) is 0 Å². The minimum atomic E-state index is -0.353. The zero-order valence-corrected chi connectivity index (χ0v) is 19.2. The second-order valence-electron chi connectivity index (χ2n) is 8.98. The Morgan fingerprint density at radius 2 is 1.94 bits per heavy atom. The number of unbranched alkanes of at least 4 members (excludes halogenated alkanes) is 2. The number of fused-ring (bicyclic) bond motifs is 1. The van der Waals surface area contributed by atoms with Crippen molar-refractivity contribution in [2.45, 2.75) is 64.2 Å². The molecule has 0 aliphatic heterocycles. The van der Waals surface area contributed by atoms with Crippen molar-refractivity contribution in [3.63, 3.8) is 0 Å². The number of hydrogen-bond acceptors (Lipinski definition) is 3. The number of allylic oxidation sites excluding steroid dienone is 1. The van der Waals surface area contributed by atoms with Crippen molar-refractivity contribution >= 4 is 17.6 Å². The lowest BCUT2D eigenvalue weighted by Gasteiger charge is -2.15. The molecule has 2 aliphatic carbocycles. The average Bonchev–Trinajstić information content (AvgIpc) is 3.65. The summed E-state index contributed by atoms with van der Waals surface area (Å²) in [6, 6.07) is 13.4. The number of carbonyl (C=O) groups is 1. The third-order valence-electron chi connectivity index (χ3n) is 6.45. The van der Waals surface area contributed by atoms with Gasteiger partial charge in [-0.3, -0.25) is 0 Å². The van der Waals surface area contributed by atoms with Crippen molar-refractivity contribution in [1.29, 1.82) is 0 Å². The lowest BCUT2D eigenvalue weighted by atomic mass is 9.90. The molecular formula is C29H34O3. The van der Waals surface area contributed by atoms with Gasteiger partial charge in [0, 0.05) is 6.08 Å². The molecule has 0 spiro atoms. The molecule has 0 amide bonds. The number of benzene rings is 2. The number of hydrogen-bond donors (Lipinski definition) is 0. The predicted molar refractivity (Wildman–Crippen MR) is 131 cm³/mol. The monoisotopic (exact) mass is 430 g/mol. The predicted octanol–water partition coefficient (Wildman–Crippen LogP) is 7.03. The van der Waals surface area contributed by atoms with Crippen molar-refractivity contribution < 1.29 is 14.3 Å². The summed E-state index contributed by atoms with van der Waals surface area (Å²) >= 11 is 0. The van der Waals surface area contributed by atoms with E-state index in [0.717, 1.165) is 43.8 Å². The molecule has 2 aromatic carbocycles. The van der Waals surface area contributed by atoms with Gasteiger partial charge in [-0.05, 0) is 110 Å². The molecule has 3 heteroatoms. The minimum absolute atomic E-state index is 0.353. The van der Waals surface area contributed by atoms with Crippen molar-refractivity contribution in [3.8, 4) is 5.75 Å². The van der Waals surface area contributed by atoms with Crippen molar-refractivity contribution in [2.24, 2.45) is 0 Å². The average molecular weight is 431 g/mol. The van der Waals surface area contributed by atoms with E-state index < -0.39 is 0 Å². The lowest BCUT2D eigenvalue weighted by Crippen LogP contribution is -2.03. The molecule has 0 N–H and O–H groups in total. The lowest BCUT2D eigenvalue weighted by molar-refractivity contribution is -0.137. The van der Waals surface area contributed by atoms with Crippen LogP contribution in [-0.4, -0.2) is 19.2 Å². The molecule has 168 valence electrons. The molecule has 2 aliphatic rings. The molecule has 1 saturated carbocycles. The number of rotatable bonds is 10. The van der Waals surface area contributed by atoms with Crippen LogP contribution in [-0.2, 0) is 16.0 Å². The molecule has 2 aromatic rings. The summed E-state index contributed by atoms with van der Waals surface area (Å²) in [5.74, 6) is 1.34. The van der Waals surface area contributed by atoms with Crippen LogP contribution in [0.25, 0.3) is 11.6 Å². The highest BCUT2D eigenvalue weighted by molar-refractivity contribution is 5.86. The second kappa shape index (κ2) is 10.7. The zero-order chi connectivity index (χ0) is 22.3. The first kappa shape index (κ1) is 22.4. The van der Waals surface area contributed by atoms with Crippen molar-refractivity contribution in [3.05, 3.63) is 76.9 Å². The summed E-state index contributed by atoms with van der Waals surface area (Å²) in [7, 11) is 0. The fourth-order valence-corrected chi connectivity index (χ4v) is 4.62. The minimum Gasteiger partial charge on any atom is -0.494 e. The van der Waals surface area contributed by atoms with Crippen LogP contribution in [0.15, 0.2) is 49.1 Å². The number of carbonyl (C=O) groups excluding carboxylic acids is 1. The van der Waals surface area contributed by atoms with Gasteiger partial charge in [0.1, 0.15) is 5.75 Å². The molecule has 1 fully saturated rings. The van der Waals surface area contributed by atoms with E-state index in [1.807, 2.05) is 0 Å². The van der Waals surface area contributed by atoms with Gasteiger partial charge < -0.3 is 9.47 Å². The fraction of sp³-hybridized carbons (Fsp3) is 0.414. The summed E-state index contributed by atoms with van der Waals surface area (Å²) in [6.45, 7) is 6.78. The highest BCUT2D eigenvalue weighted by Gasteiger charge is 2.27. The third-order valence-corrected chi connectivity index (χ3v) is 6.45. The maximum atomic E-state index is 11.0. The van der Waals surface area contributed by atoms with Crippen LogP contribution < -0.4 is 4.74 Å². The molecule has 0 aromatic heterocycles. The van der Waals surface area contributed by atoms with Gasteiger partial charge in [0.05, 0.1) is 13.2 Å². The van der Waals surface area contributed by atoms with Gasteiger partial charge in [-0.15, -0.1) is 0 Å². The van der Waals surface area contributed by atoms with Gasteiger partial charge in [-0.2, -0.15) is 0 Å². The molecule has 0 unspecified atom stereocenters. The van der Waals surface area contributed by atoms with E-state index in [9.17, 15) is 4.79 Å². The first-order chi connectivity index (χ1) is 15.7. The molecule has 0 radical (unpaired) electrons.